The number of para-hydroxylation sites is 2. The van der Waals surface area contributed by atoms with Crippen molar-refractivity contribution in [2.24, 2.45) is 0 Å². The third-order valence-corrected chi connectivity index (χ3v) is 4.89. The summed E-state index contributed by atoms with van der Waals surface area (Å²) in [4.78, 5) is 2.52. The minimum absolute atomic E-state index is 0.137. The molecule has 1 fully saturated rings. The maximum atomic E-state index is 6.08. The van der Waals surface area contributed by atoms with Gasteiger partial charge in [0.25, 0.3) is 0 Å². The Kier molecular flexibility index (Phi) is 4.20. The molecule has 2 aliphatic heterocycles. The summed E-state index contributed by atoms with van der Waals surface area (Å²) in [5.74, 6) is 2.45. The monoisotopic (exact) mass is 309 g/mol. The summed E-state index contributed by atoms with van der Waals surface area (Å²) >= 11 is 0. The molecule has 0 radical (unpaired) electrons. The molecule has 2 aromatic rings. The molecule has 1 saturated heterocycles. The van der Waals surface area contributed by atoms with Crippen molar-refractivity contribution in [3.8, 4) is 11.5 Å². The van der Waals surface area contributed by atoms with Gasteiger partial charge < -0.3 is 9.47 Å². The number of fused-ring (bicyclic) bond motifs is 1. The molecule has 0 N–H and O–H groups in total. The Morgan fingerprint density at radius 2 is 1.57 bits per heavy atom. The average Bonchev–Trinajstić information content (AvgIpc) is 2.63. The maximum absolute atomic E-state index is 6.08. The van der Waals surface area contributed by atoms with E-state index in [-0.39, 0.29) is 6.10 Å². The number of likely N-dealkylation sites (tertiary alicyclic amines) is 1. The molecule has 120 valence electrons. The van der Waals surface area contributed by atoms with Gasteiger partial charge in [-0.2, -0.15) is 0 Å². The van der Waals surface area contributed by atoms with Gasteiger partial charge in [-0.05, 0) is 49.5 Å². The zero-order valence-corrected chi connectivity index (χ0v) is 13.4. The van der Waals surface area contributed by atoms with Crippen molar-refractivity contribution in [2.45, 2.75) is 24.9 Å². The molecule has 2 aliphatic rings. The van der Waals surface area contributed by atoms with Crippen LogP contribution in [0.1, 0.15) is 24.3 Å². The van der Waals surface area contributed by atoms with E-state index in [9.17, 15) is 0 Å². The van der Waals surface area contributed by atoms with Crippen molar-refractivity contribution < 1.29 is 9.47 Å². The summed E-state index contributed by atoms with van der Waals surface area (Å²) in [7, 11) is 0. The van der Waals surface area contributed by atoms with Crippen LogP contribution in [-0.4, -0.2) is 37.2 Å². The van der Waals surface area contributed by atoms with Crippen LogP contribution in [0, 0.1) is 0 Å². The molecular formula is C20H23NO2. The Bertz CT molecular complexity index is 635. The van der Waals surface area contributed by atoms with E-state index < -0.39 is 0 Å². The van der Waals surface area contributed by atoms with Crippen molar-refractivity contribution in [2.75, 3.05) is 26.2 Å². The fraction of sp³-hybridized carbons (Fsp3) is 0.400. The first-order valence-corrected chi connectivity index (χ1v) is 8.54. The normalized spacial score (nSPS) is 22.0. The van der Waals surface area contributed by atoms with E-state index in [0.717, 1.165) is 31.1 Å². The molecule has 0 bridgehead atoms. The highest BCUT2D eigenvalue weighted by Gasteiger charge is 2.26. The molecular weight excluding hydrogens is 286 g/mol. The molecule has 0 aliphatic carbocycles. The predicted molar refractivity (Wildman–Crippen MR) is 91.2 cm³/mol. The lowest BCUT2D eigenvalue weighted by Gasteiger charge is -2.35. The molecule has 0 spiro atoms. The van der Waals surface area contributed by atoms with Crippen LogP contribution in [0.25, 0.3) is 0 Å². The Morgan fingerprint density at radius 3 is 2.35 bits per heavy atom. The van der Waals surface area contributed by atoms with Crippen LogP contribution in [0.2, 0.25) is 0 Å². The highest BCUT2D eigenvalue weighted by molar-refractivity contribution is 5.40. The summed E-state index contributed by atoms with van der Waals surface area (Å²) < 4.78 is 11.9. The summed E-state index contributed by atoms with van der Waals surface area (Å²) in [5, 5.41) is 0. The lowest BCUT2D eigenvalue weighted by molar-refractivity contribution is 0.0514. The second-order valence-corrected chi connectivity index (χ2v) is 6.48. The van der Waals surface area contributed by atoms with E-state index in [1.807, 2.05) is 24.3 Å². The van der Waals surface area contributed by atoms with Crippen LogP contribution in [-0.2, 0) is 0 Å². The van der Waals surface area contributed by atoms with Gasteiger partial charge in [0.1, 0.15) is 12.7 Å². The fourth-order valence-electron chi connectivity index (χ4n) is 3.62. The third-order valence-electron chi connectivity index (χ3n) is 4.89. The zero-order chi connectivity index (χ0) is 15.5. The number of hydrogen-bond acceptors (Lipinski definition) is 3. The first-order chi connectivity index (χ1) is 11.4. The topological polar surface area (TPSA) is 21.7 Å². The second-order valence-electron chi connectivity index (χ2n) is 6.48. The molecule has 23 heavy (non-hydrogen) atoms. The van der Waals surface area contributed by atoms with Crippen LogP contribution in [0.15, 0.2) is 54.6 Å². The second kappa shape index (κ2) is 6.63. The molecule has 3 nitrogen and oxygen atoms in total. The highest BCUT2D eigenvalue weighted by atomic mass is 16.6. The largest absolute Gasteiger partial charge is 0.486 e. The number of benzene rings is 2. The average molecular weight is 309 g/mol. The van der Waals surface area contributed by atoms with E-state index >= 15 is 0 Å². The van der Waals surface area contributed by atoms with Gasteiger partial charge in [0, 0.05) is 6.54 Å². The van der Waals surface area contributed by atoms with Gasteiger partial charge >= 0.3 is 0 Å². The van der Waals surface area contributed by atoms with Crippen molar-refractivity contribution in [1.29, 1.82) is 0 Å². The SMILES string of the molecule is c1ccc(C2CCN(CC3COc4ccccc4O3)CC2)cc1. The van der Waals surface area contributed by atoms with E-state index in [1.165, 1.54) is 18.4 Å². The van der Waals surface area contributed by atoms with Crippen molar-refractivity contribution in [3.63, 3.8) is 0 Å². The lowest BCUT2D eigenvalue weighted by Crippen LogP contribution is -2.43. The van der Waals surface area contributed by atoms with Crippen molar-refractivity contribution in [3.05, 3.63) is 60.2 Å². The minimum atomic E-state index is 0.137. The van der Waals surface area contributed by atoms with Gasteiger partial charge in [0.05, 0.1) is 0 Å². The van der Waals surface area contributed by atoms with Gasteiger partial charge in [-0.15, -0.1) is 0 Å². The Morgan fingerprint density at radius 1 is 0.870 bits per heavy atom. The quantitative estimate of drug-likeness (QED) is 0.863. The first-order valence-electron chi connectivity index (χ1n) is 8.54. The molecule has 4 rings (SSSR count). The molecule has 2 aromatic carbocycles. The van der Waals surface area contributed by atoms with Crippen molar-refractivity contribution in [1.82, 2.24) is 4.90 Å². The van der Waals surface area contributed by atoms with Crippen LogP contribution >= 0.6 is 0 Å². The van der Waals surface area contributed by atoms with Crippen LogP contribution in [0.4, 0.5) is 0 Å². The number of hydrogen-bond donors (Lipinski definition) is 0. The van der Waals surface area contributed by atoms with E-state index in [4.69, 9.17) is 9.47 Å². The number of piperidine rings is 1. The van der Waals surface area contributed by atoms with Gasteiger partial charge in [-0.3, -0.25) is 4.90 Å². The highest BCUT2D eigenvalue weighted by Crippen LogP contribution is 2.32. The lowest BCUT2D eigenvalue weighted by atomic mass is 9.89. The molecule has 0 amide bonds. The molecule has 1 atom stereocenters. The molecule has 1 unspecified atom stereocenters. The van der Waals surface area contributed by atoms with Gasteiger partial charge in [-0.25, -0.2) is 0 Å². The van der Waals surface area contributed by atoms with E-state index in [0.29, 0.717) is 12.5 Å². The smallest absolute Gasteiger partial charge is 0.161 e. The summed E-state index contributed by atoms with van der Waals surface area (Å²) in [6, 6.07) is 18.8. The fourth-order valence-corrected chi connectivity index (χ4v) is 3.62. The van der Waals surface area contributed by atoms with E-state index in [2.05, 4.69) is 35.2 Å². The number of nitrogens with zero attached hydrogens (tertiary/aromatic N) is 1. The Balaban J connectivity index is 1.30. The van der Waals surface area contributed by atoms with Gasteiger partial charge in [0.2, 0.25) is 0 Å². The van der Waals surface area contributed by atoms with Crippen molar-refractivity contribution >= 4 is 0 Å². The molecule has 0 aromatic heterocycles. The molecule has 0 saturated carbocycles. The minimum Gasteiger partial charge on any atom is -0.486 e. The predicted octanol–water partition coefficient (Wildman–Crippen LogP) is 3.71. The summed E-state index contributed by atoms with van der Waals surface area (Å²) in [6.07, 6.45) is 2.60. The van der Waals surface area contributed by atoms with Crippen LogP contribution in [0.3, 0.4) is 0 Å². The van der Waals surface area contributed by atoms with E-state index in [1.54, 1.807) is 0 Å². The number of ether oxygens (including phenoxy) is 2. The zero-order valence-electron chi connectivity index (χ0n) is 13.4. The summed E-state index contributed by atoms with van der Waals surface area (Å²) in [6.45, 7) is 3.88. The Labute approximate surface area is 137 Å². The van der Waals surface area contributed by atoms with Gasteiger partial charge in [0.15, 0.2) is 11.5 Å². The van der Waals surface area contributed by atoms with Crippen LogP contribution < -0.4 is 9.47 Å². The molecule has 3 heteroatoms. The first kappa shape index (κ1) is 14.6. The summed E-state index contributed by atoms with van der Waals surface area (Å²) in [5.41, 5.74) is 1.48. The Hall–Kier alpha value is -2.00. The molecule has 2 heterocycles. The third kappa shape index (κ3) is 3.35. The number of rotatable bonds is 3. The van der Waals surface area contributed by atoms with Crippen LogP contribution in [0.5, 0.6) is 11.5 Å². The standard InChI is InChI=1S/C20H23NO2/c1-2-6-16(7-3-1)17-10-12-21(13-11-17)14-18-15-22-19-8-4-5-9-20(19)23-18/h1-9,17-18H,10-15H2. The van der Waals surface area contributed by atoms with Gasteiger partial charge in [-0.1, -0.05) is 42.5 Å². The maximum Gasteiger partial charge on any atom is 0.161 e.